The first-order chi connectivity index (χ1) is 7.84. The van der Waals surface area contributed by atoms with E-state index in [4.69, 9.17) is 0 Å². The summed E-state index contributed by atoms with van der Waals surface area (Å²) in [6.07, 6.45) is 6.51. The molecular formula is C12H14IN3. The Morgan fingerprint density at radius 1 is 1.31 bits per heavy atom. The summed E-state index contributed by atoms with van der Waals surface area (Å²) >= 11 is 2.36. The van der Waals surface area contributed by atoms with Crippen LogP contribution in [0.15, 0.2) is 18.5 Å². The quantitative estimate of drug-likeness (QED) is 0.791. The van der Waals surface area contributed by atoms with Crippen LogP contribution < -0.4 is 5.32 Å². The molecule has 1 saturated heterocycles. The summed E-state index contributed by atoms with van der Waals surface area (Å²) in [7, 11) is 0. The number of H-pyrrole nitrogens is 1. The molecule has 2 N–H and O–H groups in total. The number of nitrogens with zero attached hydrogens (tertiary/aromatic N) is 1. The molecule has 0 aromatic carbocycles. The van der Waals surface area contributed by atoms with Gasteiger partial charge in [-0.2, -0.15) is 0 Å². The van der Waals surface area contributed by atoms with Gasteiger partial charge in [-0.05, 0) is 66.1 Å². The maximum absolute atomic E-state index is 4.50. The van der Waals surface area contributed by atoms with E-state index in [1.807, 2.05) is 12.4 Å². The van der Waals surface area contributed by atoms with Gasteiger partial charge in [-0.25, -0.2) is 4.98 Å². The molecule has 2 aromatic rings. The standard InChI is InChI=1S/C12H14IN3/c13-11-7-16-12-10(11)5-9(6-15-12)8-1-3-14-4-2-8/h5-8,14H,1-4H2,(H,15,16). The average molecular weight is 327 g/mol. The number of hydrogen-bond donors (Lipinski definition) is 2. The van der Waals surface area contributed by atoms with Crippen molar-refractivity contribution in [3.8, 4) is 0 Å². The number of hydrogen-bond acceptors (Lipinski definition) is 2. The molecule has 0 unspecified atom stereocenters. The van der Waals surface area contributed by atoms with Crippen LogP contribution in [0.1, 0.15) is 24.3 Å². The molecule has 3 nitrogen and oxygen atoms in total. The Kier molecular flexibility index (Phi) is 2.85. The molecule has 84 valence electrons. The molecule has 0 spiro atoms. The number of nitrogens with one attached hydrogen (secondary N) is 2. The van der Waals surface area contributed by atoms with Crippen molar-refractivity contribution >= 4 is 33.6 Å². The Bertz CT molecular complexity index is 500. The van der Waals surface area contributed by atoms with E-state index in [0.717, 1.165) is 18.7 Å². The van der Waals surface area contributed by atoms with E-state index in [-0.39, 0.29) is 0 Å². The van der Waals surface area contributed by atoms with Gasteiger partial charge in [0.15, 0.2) is 0 Å². The molecule has 0 aliphatic carbocycles. The van der Waals surface area contributed by atoms with Gasteiger partial charge in [0.1, 0.15) is 5.65 Å². The van der Waals surface area contributed by atoms with E-state index in [2.05, 4.69) is 43.9 Å². The fraction of sp³-hybridized carbons (Fsp3) is 0.417. The van der Waals surface area contributed by atoms with Crippen LogP contribution in [0.4, 0.5) is 0 Å². The lowest BCUT2D eigenvalue weighted by Gasteiger charge is -2.22. The lowest BCUT2D eigenvalue weighted by Crippen LogP contribution is -2.26. The average Bonchev–Trinajstić information content (AvgIpc) is 2.72. The van der Waals surface area contributed by atoms with Crippen LogP contribution in [-0.2, 0) is 0 Å². The van der Waals surface area contributed by atoms with Gasteiger partial charge in [-0.3, -0.25) is 0 Å². The molecule has 3 rings (SSSR count). The maximum atomic E-state index is 4.50. The minimum absolute atomic E-state index is 0.684. The van der Waals surface area contributed by atoms with Gasteiger partial charge in [0.05, 0.1) is 0 Å². The van der Waals surface area contributed by atoms with Gasteiger partial charge < -0.3 is 10.3 Å². The zero-order chi connectivity index (χ0) is 11.0. The fourth-order valence-electron chi connectivity index (χ4n) is 2.37. The van der Waals surface area contributed by atoms with Crippen molar-refractivity contribution in [3.05, 3.63) is 27.6 Å². The molecule has 16 heavy (non-hydrogen) atoms. The zero-order valence-electron chi connectivity index (χ0n) is 8.96. The first-order valence-electron chi connectivity index (χ1n) is 5.68. The summed E-state index contributed by atoms with van der Waals surface area (Å²) in [5.41, 5.74) is 2.40. The van der Waals surface area contributed by atoms with E-state index in [1.165, 1.54) is 27.4 Å². The largest absolute Gasteiger partial charge is 0.345 e. The van der Waals surface area contributed by atoms with Crippen molar-refractivity contribution < 1.29 is 0 Å². The SMILES string of the molecule is Ic1c[nH]c2ncc(C3CCNCC3)cc12. The summed E-state index contributed by atoms with van der Waals surface area (Å²) in [6, 6.07) is 2.30. The first kappa shape index (κ1) is 10.5. The number of pyridine rings is 1. The molecule has 1 aliphatic heterocycles. The second-order valence-electron chi connectivity index (χ2n) is 4.33. The lowest BCUT2D eigenvalue weighted by molar-refractivity contribution is 0.460. The maximum Gasteiger partial charge on any atom is 0.138 e. The fourth-order valence-corrected chi connectivity index (χ4v) is 2.93. The highest BCUT2D eigenvalue weighted by atomic mass is 127. The highest BCUT2D eigenvalue weighted by Gasteiger charge is 2.16. The molecule has 2 aromatic heterocycles. The second-order valence-corrected chi connectivity index (χ2v) is 5.49. The van der Waals surface area contributed by atoms with E-state index in [0.29, 0.717) is 5.92 Å². The molecule has 0 radical (unpaired) electrons. The van der Waals surface area contributed by atoms with Crippen molar-refractivity contribution in [3.63, 3.8) is 0 Å². The predicted molar refractivity (Wildman–Crippen MR) is 73.7 cm³/mol. The number of rotatable bonds is 1. The van der Waals surface area contributed by atoms with Gasteiger partial charge in [0, 0.05) is 21.4 Å². The lowest BCUT2D eigenvalue weighted by atomic mass is 9.91. The Morgan fingerprint density at radius 3 is 2.94 bits per heavy atom. The second kappa shape index (κ2) is 4.33. The van der Waals surface area contributed by atoms with E-state index >= 15 is 0 Å². The number of fused-ring (bicyclic) bond motifs is 1. The topological polar surface area (TPSA) is 40.7 Å². The molecule has 3 heterocycles. The van der Waals surface area contributed by atoms with Gasteiger partial charge >= 0.3 is 0 Å². The van der Waals surface area contributed by atoms with Crippen LogP contribution in [0.5, 0.6) is 0 Å². The van der Waals surface area contributed by atoms with Gasteiger partial charge in [0.25, 0.3) is 0 Å². The number of aromatic nitrogens is 2. The highest BCUT2D eigenvalue weighted by Crippen LogP contribution is 2.28. The number of halogens is 1. The monoisotopic (exact) mass is 327 g/mol. The van der Waals surface area contributed by atoms with E-state index in [9.17, 15) is 0 Å². The van der Waals surface area contributed by atoms with Gasteiger partial charge in [-0.1, -0.05) is 0 Å². The molecule has 1 fully saturated rings. The normalized spacial score (nSPS) is 18.1. The van der Waals surface area contributed by atoms with Crippen LogP contribution in [0.3, 0.4) is 0 Å². The van der Waals surface area contributed by atoms with Crippen molar-refractivity contribution in [1.82, 2.24) is 15.3 Å². The van der Waals surface area contributed by atoms with Gasteiger partial charge in [0.2, 0.25) is 0 Å². The third-order valence-corrected chi connectivity index (χ3v) is 4.20. The van der Waals surface area contributed by atoms with Crippen LogP contribution in [0.25, 0.3) is 11.0 Å². The third-order valence-electron chi connectivity index (χ3n) is 3.31. The minimum Gasteiger partial charge on any atom is -0.345 e. The minimum atomic E-state index is 0.684. The molecule has 0 saturated carbocycles. The van der Waals surface area contributed by atoms with Crippen LogP contribution in [0, 0.1) is 3.57 Å². The molecule has 0 atom stereocenters. The molecule has 4 heteroatoms. The smallest absolute Gasteiger partial charge is 0.138 e. The first-order valence-corrected chi connectivity index (χ1v) is 6.76. The van der Waals surface area contributed by atoms with Crippen LogP contribution in [0.2, 0.25) is 0 Å². The summed E-state index contributed by atoms with van der Waals surface area (Å²) < 4.78 is 1.26. The van der Waals surface area contributed by atoms with Crippen LogP contribution in [-0.4, -0.2) is 23.1 Å². The predicted octanol–water partition coefficient (Wildman–Crippen LogP) is 2.63. The van der Waals surface area contributed by atoms with E-state index in [1.54, 1.807) is 0 Å². The summed E-state index contributed by atoms with van der Waals surface area (Å²) in [6.45, 7) is 2.26. The molecule has 0 bridgehead atoms. The zero-order valence-corrected chi connectivity index (χ0v) is 11.1. The molecular weight excluding hydrogens is 313 g/mol. The summed E-state index contributed by atoms with van der Waals surface area (Å²) in [5.74, 6) is 0.684. The highest BCUT2D eigenvalue weighted by molar-refractivity contribution is 14.1. The third kappa shape index (κ3) is 1.84. The molecule has 0 amide bonds. The Balaban J connectivity index is 1.99. The number of aromatic amines is 1. The van der Waals surface area contributed by atoms with Gasteiger partial charge in [-0.15, -0.1) is 0 Å². The Hall–Kier alpha value is -0.620. The number of piperidine rings is 1. The van der Waals surface area contributed by atoms with Crippen molar-refractivity contribution in [1.29, 1.82) is 0 Å². The summed E-state index contributed by atoms with van der Waals surface area (Å²) in [4.78, 5) is 7.68. The van der Waals surface area contributed by atoms with Crippen molar-refractivity contribution in [2.45, 2.75) is 18.8 Å². The molecule has 1 aliphatic rings. The van der Waals surface area contributed by atoms with Crippen molar-refractivity contribution in [2.75, 3.05) is 13.1 Å². The Labute approximate surface area is 108 Å². The van der Waals surface area contributed by atoms with Crippen molar-refractivity contribution in [2.24, 2.45) is 0 Å². The van der Waals surface area contributed by atoms with Crippen LogP contribution >= 0.6 is 22.6 Å². The van der Waals surface area contributed by atoms with E-state index < -0.39 is 0 Å². The Morgan fingerprint density at radius 2 is 2.12 bits per heavy atom. The summed E-state index contributed by atoms with van der Waals surface area (Å²) in [5, 5.41) is 4.66.